The van der Waals surface area contributed by atoms with E-state index in [9.17, 15) is 10.1 Å². The van der Waals surface area contributed by atoms with Crippen molar-refractivity contribution < 1.29 is 4.79 Å². The van der Waals surface area contributed by atoms with Gasteiger partial charge in [-0.25, -0.2) is 0 Å². The molecule has 8 rings (SSSR count). The van der Waals surface area contributed by atoms with Crippen LogP contribution in [0.5, 0.6) is 0 Å². The SMILES string of the molecule is N#Cc1c(N2CCCCC2)cc(-c2ccc3ccc4cccc5ccc2c3c45)c2c1C(=O)c1ccccc1-2. The fourth-order valence-corrected chi connectivity index (χ4v) is 6.89. The molecule has 6 aromatic rings. The van der Waals surface area contributed by atoms with Crippen molar-refractivity contribution in [2.75, 3.05) is 18.0 Å². The van der Waals surface area contributed by atoms with E-state index in [0.717, 1.165) is 53.9 Å². The molecule has 1 heterocycles. The summed E-state index contributed by atoms with van der Waals surface area (Å²) in [7, 11) is 0. The first-order chi connectivity index (χ1) is 18.7. The number of fused-ring (bicyclic) bond motifs is 3. The van der Waals surface area contributed by atoms with Gasteiger partial charge in [-0.3, -0.25) is 4.79 Å². The Balaban J connectivity index is 1.52. The van der Waals surface area contributed by atoms with Crippen molar-refractivity contribution in [2.45, 2.75) is 19.3 Å². The van der Waals surface area contributed by atoms with Crippen LogP contribution in [0.15, 0.2) is 84.9 Å². The zero-order valence-electron chi connectivity index (χ0n) is 20.9. The number of nitriles is 1. The van der Waals surface area contributed by atoms with Crippen LogP contribution in [-0.4, -0.2) is 18.9 Å². The zero-order valence-corrected chi connectivity index (χ0v) is 20.9. The minimum atomic E-state index is -0.0371. The van der Waals surface area contributed by atoms with Crippen LogP contribution in [0.25, 0.3) is 54.6 Å². The Morgan fingerprint density at radius 2 is 1.32 bits per heavy atom. The Morgan fingerprint density at radius 3 is 2.08 bits per heavy atom. The molecule has 0 saturated carbocycles. The number of piperidine rings is 1. The first kappa shape index (κ1) is 21.4. The van der Waals surface area contributed by atoms with Gasteiger partial charge in [0.2, 0.25) is 0 Å². The predicted octanol–water partition coefficient (Wildman–Crippen LogP) is 8.32. The monoisotopic (exact) mass is 488 g/mol. The van der Waals surface area contributed by atoms with Crippen molar-refractivity contribution in [1.82, 2.24) is 0 Å². The third-order valence-electron chi connectivity index (χ3n) is 8.60. The summed E-state index contributed by atoms with van der Waals surface area (Å²) in [5.41, 5.74) is 6.64. The summed E-state index contributed by atoms with van der Waals surface area (Å²) >= 11 is 0. The number of rotatable bonds is 2. The van der Waals surface area contributed by atoms with Gasteiger partial charge < -0.3 is 4.90 Å². The summed E-state index contributed by atoms with van der Waals surface area (Å²) in [6.45, 7) is 1.82. The van der Waals surface area contributed by atoms with E-state index in [1.807, 2.05) is 24.3 Å². The summed E-state index contributed by atoms with van der Waals surface area (Å²) in [5, 5.41) is 17.8. The number of benzene rings is 6. The van der Waals surface area contributed by atoms with Gasteiger partial charge in [-0.05, 0) is 74.3 Å². The number of hydrogen-bond acceptors (Lipinski definition) is 3. The number of ketones is 1. The van der Waals surface area contributed by atoms with E-state index in [0.29, 0.717) is 16.7 Å². The molecule has 3 nitrogen and oxygen atoms in total. The number of anilines is 1. The molecular formula is C35H24N2O. The Bertz CT molecular complexity index is 1970. The summed E-state index contributed by atoms with van der Waals surface area (Å²) in [4.78, 5) is 16.2. The predicted molar refractivity (Wildman–Crippen MR) is 155 cm³/mol. The van der Waals surface area contributed by atoms with E-state index < -0.39 is 0 Å². The van der Waals surface area contributed by atoms with Gasteiger partial charge in [0, 0.05) is 24.2 Å². The smallest absolute Gasteiger partial charge is 0.195 e. The van der Waals surface area contributed by atoms with E-state index in [-0.39, 0.29) is 5.78 Å². The molecular weight excluding hydrogens is 464 g/mol. The van der Waals surface area contributed by atoms with Crippen LogP contribution >= 0.6 is 0 Å². The Hall–Kier alpha value is -4.68. The molecule has 180 valence electrons. The highest BCUT2D eigenvalue weighted by molar-refractivity contribution is 6.29. The first-order valence-corrected chi connectivity index (χ1v) is 13.4. The summed E-state index contributed by atoms with van der Waals surface area (Å²) in [5.74, 6) is -0.0371. The largest absolute Gasteiger partial charge is 0.370 e. The van der Waals surface area contributed by atoms with Gasteiger partial charge in [-0.1, -0.05) is 78.9 Å². The zero-order chi connectivity index (χ0) is 25.4. The molecule has 0 aromatic heterocycles. The maximum absolute atomic E-state index is 13.9. The number of nitrogens with zero attached hydrogens (tertiary/aromatic N) is 2. The lowest BCUT2D eigenvalue weighted by atomic mass is 9.85. The maximum atomic E-state index is 13.9. The molecule has 0 spiro atoms. The average Bonchev–Trinajstić information content (AvgIpc) is 3.28. The van der Waals surface area contributed by atoms with Crippen molar-refractivity contribution in [3.63, 3.8) is 0 Å². The second kappa shape index (κ2) is 7.91. The third kappa shape index (κ3) is 2.80. The second-order valence-corrected chi connectivity index (χ2v) is 10.6. The lowest BCUT2D eigenvalue weighted by Gasteiger charge is -2.31. The molecule has 38 heavy (non-hydrogen) atoms. The van der Waals surface area contributed by atoms with Gasteiger partial charge in [0.05, 0.1) is 16.8 Å². The fraction of sp³-hybridized carbons (Fsp3) is 0.143. The van der Waals surface area contributed by atoms with Gasteiger partial charge in [-0.15, -0.1) is 0 Å². The van der Waals surface area contributed by atoms with Crippen LogP contribution in [0, 0.1) is 11.3 Å². The van der Waals surface area contributed by atoms with Gasteiger partial charge in [0.25, 0.3) is 0 Å². The van der Waals surface area contributed by atoms with Crippen molar-refractivity contribution in [3.8, 4) is 28.3 Å². The fourth-order valence-electron chi connectivity index (χ4n) is 6.89. The summed E-state index contributed by atoms with van der Waals surface area (Å²) in [6.07, 6.45) is 3.41. The molecule has 1 fully saturated rings. The summed E-state index contributed by atoms with van der Waals surface area (Å²) in [6, 6.07) is 32.2. The topological polar surface area (TPSA) is 44.1 Å². The average molecular weight is 489 g/mol. The van der Waals surface area contributed by atoms with Crippen molar-refractivity contribution in [1.29, 1.82) is 5.26 Å². The first-order valence-electron chi connectivity index (χ1n) is 13.4. The second-order valence-electron chi connectivity index (χ2n) is 10.6. The molecule has 0 radical (unpaired) electrons. The van der Waals surface area contributed by atoms with Gasteiger partial charge in [0.1, 0.15) is 6.07 Å². The van der Waals surface area contributed by atoms with Crippen molar-refractivity contribution in [3.05, 3.63) is 102 Å². The van der Waals surface area contributed by atoms with Crippen molar-refractivity contribution >= 4 is 43.8 Å². The van der Waals surface area contributed by atoms with Crippen LogP contribution in [-0.2, 0) is 0 Å². The van der Waals surface area contributed by atoms with E-state index in [1.54, 1.807) is 0 Å². The lowest BCUT2D eigenvalue weighted by Crippen LogP contribution is -2.30. The molecule has 1 saturated heterocycles. The Kier molecular flexibility index (Phi) is 4.46. The van der Waals surface area contributed by atoms with E-state index in [2.05, 4.69) is 71.6 Å². The minimum Gasteiger partial charge on any atom is -0.370 e. The quantitative estimate of drug-likeness (QED) is 0.230. The molecule has 0 atom stereocenters. The van der Waals surface area contributed by atoms with E-state index in [4.69, 9.17) is 0 Å². The van der Waals surface area contributed by atoms with Gasteiger partial charge in [0.15, 0.2) is 5.78 Å². The Labute approximate surface area is 220 Å². The molecule has 0 amide bonds. The van der Waals surface area contributed by atoms with Gasteiger partial charge >= 0.3 is 0 Å². The molecule has 0 bridgehead atoms. The van der Waals surface area contributed by atoms with E-state index in [1.165, 1.54) is 38.7 Å². The van der Waals surface area contributed by atoms with E-state index >= 15 is 0 Å². The number of hydrogen-bond donors (Lipinski definition) is 0. The molecule has 0 unspecified atom stereocenters. The van der Waals surface area contributed by atoms with Crippen LogP contribution in [0.3, 0.4) is 0 Å². The maximum Gasteiger partial charge on any atom is 0.195 e. The van der Waals surface area contributed by atoms with Crippen molar-refractivity contribution in [2.24, 2.45) is 0 Å². The molecule has 2 aliphatic rings. The highest BCUT2D eigenvalue weighted by Crippen LogP contribution is 2.50. The standard InChI is InChI=1S/C35H24N2O/c36-20-29-30(37-17-4-1-5-18-37)19-28(33-25-9-2-3-10-27(25)35(38)34(29)33)24-15-13-23-12-11-21-7-6-8-22-14-16-26(24)32(23)31(21)22/h2-3,6-16,19H,1,4-5,17-18H2. The van der Waals surface area contributed by atoms with Gasteiger partial charge in [-0.2, -0.15) is 5.26 Å². The molecule has 6 aromatic carbocycles. The summed E-state index contributed by atoms with van der Waals surface area (Å²) < 4.78 is 0. The highest BCUT2D eigenvalue weighted by atomic mass is 16.1. The third-order valence-corrected chi connectivity index (χ3v) is 8.60. The number of carbonyl (C=O) groups is 1. The highest BCUT2D eigenvalue weighted by Gasteiger charge is 2.35. The molecule has 0 N–H and O–H groups in total. The van der Waals surface area contributed by atoms with Crippen LogP contribution < -0.4 is 4.90 Å². The number of carbonyl (C=O) groups excluding carboxylic acids is 1. The lowest BCUT2D eigenvalue weighted by molar-refractivity contribution is 0.104. The molecule has 1 aliphatic heterocycles. The van der Waals surface area contributed by atoms with Crippen LogP contribution in [0.1, 0.15) is 40.7 Å². The van der Waals surface area contributed by atoms with Crippen LogP contribution in [0.2, 0.25) is 0 Å². The molecule has 3 heteroatoms. The Morgan fingerprint density at radius 1 is 0.632 bits per heavy atom. The minimum absolute atomic E-state index is 0.0371. The van der Waals surface area contributed by atoms with Crippen LogP contribution in [0.4, 0.5) is 5.69 Å². The normalized spacial score (nSPS) is 14.8. The molecule has 1 aliphatic carbocycles.